The van der Waals surface area contributed by atoms with Gasteiger partial charge in [0.25, 0.3) is 0 Å². The van der Waals surface area contributed by atoms with Gasteiger partial charge in [-0.25, -0.2) is 4.79 Å². The van der Waals surface area contributed by atoms with Crippen LogP contribution in [0.3, 0.4) is 0 Å². The van der Waals surface area contributed by atoms with Crippen molar-refractivity contribution in [2.75, 3.05) is 20.3 Å². The SMILES string of the molecule is CO[C@@H]1C[C@H](O[C@@H]2CC[C@]3(CO)[C@H]4CC[C@]5(C)[C@H](C6=CC(=O)OC6)CC[C@]5(O)[C@@H]4CC[C@]3(O)C2)O[C@@H](C)[C@H]1O. The number of aliphatic hydroxyl groups is 4. The Morgan fingerprint density at radius 2 is 1.85 bits per heavy atom. The minimum Gasteiger partial charge on any atom is -0.458 e. The number of carbonyl (C=O) groups excluding carboxylic acids is 1. The number of carbonyl (C=O) groups is 1. The van der Waals surface area contributed by atoms with Gasteiger partial charge >= 0.3 is 5.97 Å². The molecule has 9 nitrogen and oxygen atoms in total. The number of hydrogen-bond acceptors (Lipinski definition) is 9. The molecule has 0 unspecified atom stereocenters. The summed E-state index contributed by atoms with van der Waals surface area (Å²) in [5.74, 6) is -0.192. The Morgan fingerprint density at radius 3 is 2.54 bits per heavy atom. The van der Waals surface area contributed by atoms with Crippen molar-refractivity contribution in [1.82, 2.24) is 0 Å². The Bertz CT molecular complexity index is 1000. The topological polar surface area (TPSA) is 135 Å². The fourth-order valence-electron chi connectivity index (χ4n) is 10.2. The van der Waals surface area contributed by atoms with E-state index < -0.39 is 35.1 Å². The van der Waals surface area contributed by atoms with E-state index in [0.717, 1.165) is 24.8 Å². The number of hydrogen-bond donors (Lipinski definition) is 4. The maximum absolute atomic E-state index is 12.4. The van der Waals surface area contributed by atoms with E-state index in [0.29, 0.717) is 51.6 Å². The molecule has 4 N–H and O–H groups in total. The third kappa shape index (κ3) is 4.02. The third-order valence-electron chi connectivity index (χ3n) is 12.3. The van der Waals surface area contributed by atoms with E-state index in [-0.39, 0.29) is 48.0 Å². The minimum atomic E-state index is -1.09. The molecule has 0 aromatic heterocycles. The molecule has 0 aromatic rings. The molecule has 4 saturated carbocycles. The third-order valence-corrected chi connectivity index (χ3v) is 12.3. The Balaban J connectivity index is 1.20. The first-order valence-corrected chi connectivity index (χ1v) is 14.9. The van der Waals surface area contributed by atoms with Crippen LogP contribution in [0.5, 0.6) is 0 Å². The quantitative estimate of drug-likeness (QED) is 0.300. The van der Waals surface area contributed by atoms with Gasteiger partial charge in [0.15, 0.2) is 6.29 Å². The van der Waals surface area contributed by atoms with E-state index in [1.54, 1.807) is 13.2 Å². The van der Waals surface area contributed by atoms with E-state index in [4.69, 9.17) is 18.9 Å². The lowest BCUT2D eigenvalue weighted by molar-refractivity contribution is -0.298. The zero-order chi connectivity index (χ0) is 27.8. The van der Waals surface area contributed by atoms with Crippen LogP contribution in [0.2, 0.25) is 0 Å². The molecule has 1 saturated heterocycles. The largest absolute Gasteiger partial charge is 0.458 e. The van der Waals surface area contributed by atoms with Gasteiger partial charge in [-0.3, -0.25) is 0 Å². The van der Waals surface area contributed by atoms with Gasteiger partial charge in [-0.05, 0) is 81.6 Å². The predicted octanol–water partition coefficient (Wildman–Crippen LogP) is 2.23. The summed E-state index contributed by atoms with van der Waals surface area (Å²) in [6.07, 6.45) is 5.82. The minimum absolute atomic E-state index is 0.00781. The van der Waals surface area contributed by atoms with Crippen molar-refractivity contribution in [3.63, 3.8) is 0 Å². The molecular formula is C30H46O9. The molecule has 0 bridgehead atoms. The summed E-state index contributed by atoms with van der Waals surface area (Å²) in [4.78, 5) is 11.8. The van der Waals surface area contributed by atoms with Gasteiger partial charge in [-0.2, -0.15) is 0 Å². The fourth-order valence-corrected chi connectivity index (χ4v) is 10.2. The van der Waals surface area contributed by atoms with Crippen LogP contribution in [0, 0.1) is 28.6 Å². The van der Waals surface area contributed by atoms with Crippen LogP contribution < -0.4 is 0 Å². The number of rotatable bonds is 5. The van der Waals surface area contributed by atoms with Crippen molar-refractivity contribution < 1.29 is 44.2 Å². The molecule has 0 amide bonds. The summed E-state index contributed by atoms with van der Waals surface area (Å²) in [5, 5.41) is 45.9. The number of ether oxygens (including phenoxy) is 4. The fraction of sp³-hybridized carbons (Fsp3) is 0.900. The molecule has 2 heterocycles. The monoisotopic (exact) mass is 550 g/mol. The van der Waals surface area contributed by atoms with Crippen molar-refractivity contribution in [2.45, 2.75) is 120 Å². The molecule has 4 aliphatic carbocycles. The van der Waals surface area contributed by atoms with Gasteiger partial charge in [0.05, 0.1) is 36.1 Å². The average Bonchev–Trinajstić information content (AvgIpc) is 3.45. The van der Waals surface area contributed by atoms with Crippen LogP contribution in [0.25, 0.3) is 0 Å². The first-order valence-electron chi connectivity index (χ1n) is 14.9. The van der Waals surface area contributed by atoms with Crippen molar-refractivity contribution >= 4 is 5.97 Å². The number of aliphatic hydroxyl groups excluding tert-OH is 2. The number of cyclic esters (lactones) is 1. The Morgan fingerprint density at radius 1 is 1.08 bits per heavy atom. The van der Waals surface area contributed by atoms with Gasteiger partial charge < -0.3 is 39.4 Å². The van der Waals surface area contributed by atoms with Crippen LogP contribution >= 0.6 is 0 Å². The van der Waals surface area contributed by atoms with Crippen LogP contribution in [-0.4, -0.2) is 88.6 Å². The summed E-state index contributed by atoms with van der Waals surface area (Å²) in [6.45, 7) is 4.19. The molecule has 9 heteroatoms. The highest BCUT2D eigenvalue weighted by Crippen LogP contribution is 2.70. The lowest BCUT2D eigenvalue weighted by Gasteiger charge is -2.66. The maximum Gasteiger partial charge on any atom is 0.331 e. The van der Waals surface area contributed by atoms with E-state index in [1.807, 2.05) is 6.92 Å². The molecule has 12 atom stereocenters. The first-order chi connectivity index (χ1) is 18.5. The van der Waals surface area contributed by atoms with Gasteiger partial charge in [0, 0.05) is 36.9 Å². The van der Waals surface area contributed by atoms with Crippen molar-refractivity contribution in [1.29, 1.82) is 0 Å². The molecular weight excluding hydrogens is 504 g/mol. The molecule has 39 heavy (non-hydrogen) atoms. The number of esters is 1. The summed E-state index contributed by atoms with van der Waals surface area (Å²) >= 11 is 0. The second kappa shape index (κ2) is 9.75. The lowest BCUT2D eigenvalue weighted by Crippen LogP contribution is -2.69. The zero-order valence-corrected chi connectivity index (χ0v) is 23.5. The van der Waals surface area contributed by atoms with Crippen molar-refractivity contribution in [3.05, 3.63) is 11.6 Å². The smallest absolute Gasteiger partial charge is 0.331 e. The number of fused-ring (bicyclic) bond motifs is 5. The standard InChI is InChI=1S/C30H46O9/c1-17-26(33)23(36-3)13-25(38-17)39-19-4-9-28(16-31)21-5-8-27(2)20(18-12-24(32)37-15-18)7-11-30(27,35)22(21)6-10-29(28,34)14-19/h12,17,19-23,25-26,31,33-35H,4-11,13-16H2,1-3H3/t17-,19+,20-,21-,22+,23+,25-,26+,27+,28-,29-,30-/m0/s1. The second-order valence-electron chi connectivity index (χ2n) is 13.7. The highest BCUT2D eigenvalue weighted by molar-refractivity contribution is 5.85. The van der Waals surface area contributed by atoms with Crippen LogP contribution in [0.4, 0.5) is 0 Å². The molecule has 6 aliphatic rings. The van der Waals surface area contributed by atoms with E-state index in [1.165, 1.54) is 0 Å². The molecule has 220 valence electrons. The summed E-state index contributed by atoms with van der Waals surface area (Å²) in [7, 11) is 1.58. The zero-order valence-electron chi connectivity index (χ0n) is 23.5. The molecule has 5 fully saturated rings. The van der Waals surface area contributed by atoms with Crippen LogP contribution in [-0.2, 0) is 23.7 Å². The van der Waals surface area contributed by atoms with Crippen molar-refractivity contribution in [2.24, 2.45) is 28.6 Å². The lowest BCUT2D eigenvalue weighted by atomic mass is 9.41. The van der Waals surface area contributed by atoms with Gasteiger partial charge in [-0.1, -0.05) is 6.92 Å². The molecule has 6 rings (SSSR count). The van der Waals surface area contributed by atoms with Crippen LogP contribution in [0.15, 0.2) is 11.6 Å². The summed E-state index contributed by atoms with van der Waals surface area (Å²) in [5.41, 5.74) is -2.06. The normalized spacial score (nSPS) is 53.4. The second-order valence-corrected chi connectivity index (χ2v) is 13.7. The maximum atomic E-state index is 12.4. The Labute approximate surface area is 230 Å². The number of methoxy groups -OCH3 is 1. The van der Waals surface area contributed by atoms with Crippen molar-refractivity contribution in [3.8, 4) is 0 Å². The van der Waals surface area contributed by atoms with Gasteiger partial charge in [0.1, 0.15) is 12.7 Å². The van der Waals surface area contributed by atoms with E-state index in [9.17, 15) is 25.2 Å². The van der Waals surface area contributed by atoms with E-state index in [2.05, 4.69) is 6.92 Å². The summed E-state index contributed by atoms with van der Waals surface area (Å²) < 4.78 is 23.0. The van der Waals surface area contributed by atoms with Crippen LogP contribution in [0.1, 0.15) is 78.1 Å². The van der Waals surface area contributed by atoms with Gasteiger partial charge in [-0.15, -0.1) is 0 Å². The Kier molecular flexibility index (Phi) is 7.02. The molecule has 2 aliphatic heterocycles. The highest BCUT2D eigenvalue weighted by Gasteiger charge is 2.71. The Hall–Kier alpha value is -1.07. The first kappa shape index (κ1) is 28.1. The van der Waals surface area contributed by atoms with E-state index >= 15 is 0 Å². The predicted molar refractivity (Wildman–Crippen MR) is 139 cm³/mol. The molecule has 0 aromatic carbocycles. The summed E-state index contributed by atoms with van der Waals surface area (Å²) in [6, 6.07) is 0. The highest BCUT2D eigenvalue weighted by atomic mass is 16.7. The molecule has 0 spiro atoms. The van der Waals surface area contributed by atoms with Gasteiger partial charge in [0.2, 0.25) is 0 Å². The molecule has 0 radical (unpaired) electrons. The average molecular weight is 551 g/mol.